The molecule has 0 saturated carbocycles. The number of anilines is 1. The molecule has 0 saturated heterocycles. The largest absolute Gasteiger partial charge is 0.488 e. The van der Waals surface area contributed by atoms with Crippen LogP contribution in [0.1, 0.15) is 5.56 Å². The Balaban J connectivity index is 1.92. The van der Waals surface area contributed by atoms with Crippen molar-refractivity contribution in [3.8, 4) is 5.75 Å². The molecule has 2 rings (SSSR count). The van der Waals surface area contributed by atoms with E-state index in [0.29, 0.717) is 18.8 Å². The van der Waals surface area contributed by atoms with E-state index in [0.717, 1.165) is 5.56 Å². The number of carbonyl (C=O) groups is 1. The first-order chi connectivity index (χ1) is 12.5. The molecule has 26 heavy (non-hydrogen) atoms. The van der Waals surface area contributed by atoms with E-state index < -0.39 is 5.82 Å². The van der Waals surface area contributed by atoms with Crippen molar-refractivity contribution in [2.45, 2.75) is 11.4 Å². The predicted molar refractivity (Wildman–Crippen MR) is 102 cm³/mol. The van der Waals surface area contributed by atoms with Gasteiger partial charge in [0.05, 0.1) is 6.61 Å². The van der Waals surface area contributed by atoms with E-state index in [1.165, 1.54) is 21.9 Å². The third kappa shape index (κ3) is 5.93. The van der Waals surface area contributed by atoms with Crippen LogP contribution in [0.3, 0.4) is 0 Å². The van der Waals surface area contributed by atoms with Crippen molar-refractivity contribution in [3.63, 3.8) is 0 Å². The monoisotopic (exact) mass is 378 g/mol. The van der Waals surface area contributed by atoms with E-state index in [9.17, 15) is 9.18 Å². The maximum absolute atomic E-state index is 14.0. The Bertz CT molecular complexity index is 725. The molecule has 0 fully saturated rings. The average Bonchev–Trinajstić information content (AvgIpc) is 2.64. The number of amides is 2. The van der Waals surface area contributed by atoms with E-state index in [1.807, 2.05) is 30.5 Å². The molecule has 7 heteroatoms. The molecule has 1 N–H and O–H groups in total. The number of nitrogens with one attached hydrogen (secondary N) is 1. The van der Waals surface area contributed by atoms with Gasteiger partial charge >= 0.3 is 6.03 Å². The number of rotatable bonds is 8. The Morgan fingerprint density at radius 1 is 1.19 bits per heavy atom. The number of carbonyl (C=O) groups excluding carboxylic acids is 1. The number of thioether (sulfide) groups is 1. The first kappa shape index (κ1) is 20.1. The zero-order chi connectivity index (χ0) is 18.9. The second-order valence-electron chi connectivity index (χ2n) is 5.62. The average molecular weight is 378 g/mol. The van der Waals surface area contributed by atoms with E-state index >= 15 is 0 Å². The van der Waals surface area contributed by atoms with Gasteiger partial charge in [-0.25, -0.2) is 9.18 Å². The second kappa shape index (κ2) is 10.0. The molecule has 0 aromatic heterocycles. The Kier molecular flexibility index (Phi) is 7.74. The minimum absolute atomic E-state index is 0.127. The van der Waals surface area contributed by atoms with Gasteiger partial charge in [-0.05, 0) is 36.1 Å². The van der Waals surface area contributed by atoms with Crippen LogP contribution in [0.15, 0.2) is 47.4 Å². The van der Waals surface area contributed by atoms with Crippen LogP contribution in [0.4, 0.5) is 14.9 Å². The smallest absolute Gasteiger partial charge is 0.321 e. The number of ether oxygens (including phenoxy) is 2. The molecular weight excluding hydrogens is 355 g/mol. The van der Waals surface area contributed by atoms with E-state index in [4.69, 9.17) is 9.47 Å². The molecule has 0 heterocycles. The van der Waals surface area contributed by atoms with Crippen molar-refractivity contribution >= 4 is 23.5 Å². The molecule has 2 aromatic carbocycles. The minimum Gasteiger partial charge on any atom is -0.488 e. The van der Waals surface area contributed by atoms with Gasteiger partial charge in [-0.2, -0.15) is 0 Å². The summed E-state index contributed by atoms with van der Waals surface area (Å²) in [4.78, 5) is 15.0. The minimum atomic E-state index is -0.533. The van der Waals surface area contributed by atoms with Crippen molar-refractivity contribution in [1.29, 1.82) is 0 Å². The molecule has 0 aliphatic rings. The molecule has 0 atom stereocenters. The third-order valence-corrected chi connectivity index (χ3v) is 4.40. The molecule has 0 spiro atoms. The van der Waals surface area contributed by atoms with Crippen molar-refractivity contribution in [2.24, 2.45) is 0 Å². The summed E-state index contributed by atoms with van der Waals surface area (Å²) in [5, 5.41) is 2.68. The highest BCUT2D eigenvalue weighted by atomic mass is 32.2. The van der Waals surface area contributed by atoms with E-state index in [1.54, 1.807) is 32.0 Å². The van der Waals surface area contributed by atoms with Crippen molar-refractivity contribution in [2.75, 3.05) is 38.9 Å². The van der Waals surface area contributed by atoms with Gasteiger partial charge in [0.2, 0.25) is 0 Å². The summed E-state index contributed by atoms with van der Waals surface area (Å²) in [6.45, 7) is 1.10. The van der Waals surface area contributed by atoms with Gasteiger partial charge in [-0.15, -0.1) is 11.8 Å². The quantitative estimate of drug-likeness (QED) is 0.551. The maximum Gasteiger partial charge on any atom is 0.321 e. The van der Waals surface area contributed by atoms with Gasteiger partial charge in [0.15, 0.2) is 11.6 Å². The summed E-state index contributed by atoms with van der Waals surface area (Å²) in [5.41, 5.74) is 1.39. The lowest BCUT2D eigenvalue weighted by Gasteiger charge is -2.18. The van der Waals surface area contributed by atoms with Crippen LogP contribution in [-0.4, -0.2) is 44.6 Å². The molecule has 2 amide bonds. The topological polar surface area (TPSA) is 50.8 Å². The maximum atomic E-state index is 14.0. The van der Waals surface area contributed by atoms with Crippen LogP contribution in [0.25, 0.3) is 0 Å². The third-order valence-electron chi connectivity index (χ3n) is 3.65. The number of hydrogen-bond donors (Lipinski definition) is 1. The molecule has 5 nitrogen and oxygen atoms in total. The van der Waals surface area contributed by atoms with Gasteiger partial charge in [0, 0.05) is 37.4 Å². The highest BCUT2D eigenvalue weighted by molar-refractivity contribution is 7.98. The first-order valence-electron chi connectivity index (χ1n) is 8.10. The number of urea groups is 1. The summed E-state index contributed by atoms with van der Waals surface area (Å²) in [5.74, 6) is -0.406. The number of nitrogens with zero attached hydrogens (tertiary/aromatic N) is 1. The molecule has 0 aliphatic heterocycles. The predicted octanol–water partition coefficient (Wildman–Crippen LogP) is 4.24. The zero-order valence-electron chi connectivity index (χ0n) is 15.1. The van der Waals surface area contributed by atoms with Gasteiger partial charge < -0.3 is 19.7 Å². The lowest BCUT2D eigenvalue weighted by Crippen LogP contribution is -2.30. The van der Waals surface area contributed by atoms with Crippen LogP contribution in [0.5, 0.6) is 5.75 Å². The summed E-state index contributed by atoms with van der Waals surface area (Å²) >= 11 is 1.67. The fourth-order valence-corrected chi connectivity index (χ4v) is 2.63. The highest BCUT2D eigenvalue weighted by Crippen LogP contribution is 2.21. The fraction of sp³-hybridized carbons (Fsp3) is 0.316. The van der Waals surface area contributed by atoms with Crippen LogP contribution in [0, 0.1) is 5.82 Å². The SMILES string of the molecule is COCCOc1ccc(NC(=O)N(C)Cc2ccc(SC)cc2)cc1F. The Morgan fingerprint density at radius 3 is 2.54 bits per heavy atom. The lowest BCUT2D eigenvalue weighted by atomic mass is 10.2. The number of halogens is 1. The van der Waals surface area contributed by atoms with Gasteiger partial charge in [0.1, 0.15) is 6.61 Å². The summed E-state index contributed by atoms with van der Waals surface area (Å²) in [6.07, 6.45) is 2.02. The second-order valence-corrected chi connectivity index (χ2v) is 6.50. The number of hydrogen-bond acceptors (Lipinski definition) is 4. The van der Waals surface area contributed by atoms with Crippen molar-refractivity contribution in [3.05, 3.63) is 53.8 Å². The molecule has 140 valence electrons. The molecule has 0 radical (unpaired) electrons. The first-order valence-corrected chi connectivity index (χ1v) is 9.32. The van der Waals surface area contributed by atoms with Gasteiger partial charge in [0.25, 0.3) is 0 Å². The fourth-order valence-electron chi connectivity index (χ4n) is 2.23. The summed E-state index contributed by atoms with van der Waals surface area (Å²) in [7, 11) is 3.24. The molecule has 2 aromatic rings. The Hall–Kier alpha value is -2.25. The molecule has 0 aliphatic carbocycles. The zero-order valence-corrected chi connectivity index (χ0v) is 15.9. The normalized spacial score (nSPS) is 10.5. The lowest BCUT2D eigenvalue weighted by molar-refractivity contribution is 0.144. The van der Waals surface area contributed by atoms with Crippen LogP contribution < -0.4 is 10.1 Å². The summed E-state index contributed by atoms with van der Waals surface area (Å²) < 4.78 is 24.1. The Morgan fingerprint density at radius 2 is 1.92 bits per heavy atom. The summed E-state index contributed by atoms with van der Waals surface area (Å²) in [6, 6.07) is 12.0. The van der Waals surface area contributed by atoms with E-state index in [-0.39, 0.29) is 18.4 Å². The van der Waals surface area contributed by atoms with Gasteiger partial charge in [-0.3, -0.25) is 0 Å². The van der Waals surface area contributed by atoms with Crippen LogP contribution in [0.2, 0.25) is 0 Å². The van der Waals surface area contributed by atoms with Gasteiger partial charge in [-0.1, -0.05) is 12.1 Å². The number of methoxy groups -OCH3 is 1. The van der Waals surface area contributed by atoms with Crippen LogP contribution in [-0.2, 0) is 11.3 Å². The standard InChI is InChI=1S/C19H23FN2O3S/c1-22(13-14-4-7-16(26-3)8-5-14)19(23)21-15-6-9-18(17(20)12-15)25-11-10-24-2/h4-9,12H,10-11,13H2,1-3H3,(H,21,23). The Labute approximate surface area is 157 Å². The van der Waals surface area contributed by atoms with Crippen molar-refractivity contribution < 1.29 is 18.7 Å². The van der Waals surface area contributed by atoms with E-state index in [2.05, 4.69) is 5.32 Å². The van der Waals surface area contributed by atoms with Crippen molar-refractivity contribution in [1.82, 2.24) is 4.90 Å². The van der Waals surface area contributed by atoms with Crippen LogP contribution >= 0.6 is 11.8 Å². The molecule has 0 unspecified atom stereocenters. The molecule has 0 bridgehead atoms. The number of benzene rings is 2. The molecular formula is C19H23FN2O3S. The highest BCUT2D eigenvalue weighted by Gasteiger charge is 2.11.